The molecule has 1 amide bonds. The number of nitrogens with two attached hydrogens (primary N) is 1. The summed E-state index contributed by atoms with van der Waals surface area (Å²) in [6.45, 7) is 8.68. The van der Waals surface area contributed by atoms with Crippen LogP contribution in [0.2, 0.25) is 0 Å². The highest BCUT2D eigenvalue weighted by molar-refractivity contribution is 5.97. The van der Waals surface area contributed by atoms with Crippen molar-refractivity contribution < 1.29 is 4.79 Å². The van der Waals surface area contributed by atoms with Gasteiger partial charge in [-0.3, -0.25) is 9.48 Å². The average molecular weight is 238 g/mol. The molecule has 1 aromatic heterocycles. The van der Waals surface area contributed by atoms with E-state index in [2.05, 4.69) is 17.3 Å². The Hall–Kier alpha value is -1.52. The number of hydrogen-bond acceptors (Lipinski definition) is 3. The first-order valence-corrected chi connectivity index (χ1v) is 6.05. The number of nitrogens with zero attached hydrogens (tertiary/aromatic N) is 2. The molecule has 0 saturated heterocycles. The third kappa shape index (κ3) is 3.22. The molecule has 3 N–H and O–H groups in total. The summed E-state index contributed by atoms with van der Waals surface area (Å²) in [7, 11) is 0. The van der Waals surface area contributed by atoms with Crippen molar-refractivity contribution in [1.29, 1.82) is 0 Å². The number of rotatable bonds is 5. The molecule has 1 aromatic rings. The van der Waals surface area contributed by atoms with E-state index in [4.69, 9.17) is 5.73 Å². The molecular weight excluding hydrogens is 216 g/mol. The molecule has 17 heavy (non-hydrogen) atoms. The summed E-state index contributed by atoms with van der Waals surface area (Å²) in [6, 6.07) is 0. The van der Waals surface area contributed by atoms with Crippen molar-refractivity contribution >= 4 is 11.6 Å². The average Bonchev–Trinajstić information content (AvgIpc) is 2.58. The van der Waals surface area contributed by atoms with Crippen molar-refractivity contribution in [3.8, 4) is 0 Å². The molecule has 0 aliphatic carbocycles. The SMILES string of the molecule is CCCC(C)(C)NC(=O)c1c(N)cnn1CC. The number of aryl methyl sites for hydroxylation is 1. The molecule has 0 spiro atoms. The van der Waals surface area contributed by atoms with Gasteiger partial charge in [0.15, 0.2) is 0 Å². The number of nitrogen functional groups attached to an aromatic ring is 1. The molecule has 1 rings (SSSR count). The van der Waals surface area contributed by atoms with Crippen LogP contribution in [0.1, 0.15) is 51.0 Å². The lowest BCUT2D eigenvalue weighted by Gasteiger charge is -2.25. The molecule has 0 saturated carbocycles. The monoisotopic (exact) mass is 238 g/mol. The molecule has 0 bridgehead atoms. The summed E-state index contributed by atoms with van der Waals surface area (Å²) in [5.41, 5.74) is 6.43. The van der Waals surface area contributed by atoms with Gasteiger partial charge in [0.25, 0.3) is 5.91 Å². The highest BCUT2D eigenvalue weighted by atomic mass is 16.2. The Kier molecular flexibility index (Phi) is 4.15. The Morgan fingerprint density at radius 1 is 1.53 bits per heavy atom. The van der Waals surface area contributed by atoms with E-state index in [9.17, 15) is 4.79 Å². The summed E-state index contributed by atoms with van der Waals surface area (Å²) in [4.78, 5) is 12.1. The second kappa shape index (κ2) is 5.21. The third-order valence-corrected chi connectivity index (χ3v) is 2.71. The summed E-state index contributed by atoms with van der Waals surface area (Å²) < 4.78 is 1.62. The zero-order chi connectivity index (χ0) is 13.1. The van der Waals surface area contributed by atoms with Crippen molar-refractivity contribution in [2.45, 2.75) is 52.6 Å². The van der Waals surface area contributed by atoms with Gasteiger partial charge in [0.05, 0.1) is 11.9 Å². The smallest absolute Gasteiger partial charge is 0.272 e. The molecule has 0 aliphatic heterocycles. The van der Waals surface area contributed by atoms with Crippen LogP contribution in [-0.2, 0) is 6.54 Å². The van der Waals surface area contributed by atoms with E-state index in [1.165, 1.54) is 6.20 Å². The van der Waals surface area contributed by atoms with Gasteiger partial charge in [-0.2, -0.15) is 5.10 Å². The fourth-order valence-electron chi connectivity index (χ4n) is 1.94. The molecule has 0 unspecified atom stereocenters. The van der Waals surface area contributed by atoms with Crippen LogP contribution in [0, 0.1) is 0 Å². The van der Waals surface area contributed by atoms with Gasteiger partial charge >= 0.3 is 0 Å². The van der Waals surface area contributed by atoms with Gasteiger partial charge in [-0.05, 0) is 27.2 Å². The highest BCUT2D eigenvalue weighted by Gasteiger charge is 2.23. The van der Waals surface area contributed by atoms with E-state index in [1.807, 2.05) is 20.8 Å². The lowest BCUT2D eigenvalue weighted by Crippen LogP contribution is -2.44. The number of carbonyl (C=O) groups excluding carboxylic acids is 1. The molecule has 5 nitrogen and oxygen atoms in total. The van der Waals surface area contributed by atoms with E-state index >= 15 is 0 Å². The molecule has 0 atom stereocenters. The second-order valence-corrected chi connectivity index (χ2v) is 4.85. The van der Waals surface area contributed by atoms with Crippen molar-refractivity contribution in [3.05, 3.63) is 11.9 Å². The second-order valence-electron chi connectivity index (χ2n) is 4.85. The topological polar surface area (TPSA) is 72.9 Å². The van der Waals surface area contributed by atoms with Gasteiger partial charge in [-0.15, -0.1) is 0 Å². The van der Waals surface area contributed by atoms with Crippen molar-refractivity contribution in [3.63, 3.8) is 0 Å². The van der Waals surface area contributed by atoms with Gasteiger partial charge in [0.2, 0.25) is 0 Å². The van der Waals surface area contributed by atoms with Gasteiger partial charge in [-0.1, -0.05) is 13.3 Å². The normalized spacial score (nSPS) is 11.5. The van der Waals surface area contributed by atoms with Crippen molar-refractivity contribution in [1.82, 2.24) is 15.1 Å². The first-order chi connectivity index (χ1) is 7.91. The van der Waals surface area contributed by atoms with E-state index < -0.39 is 0 Å². The minimum absolute atomic E-state index is 0.152. The fraction of sp³-hybridized carbons (Fsp3) is 0.667. The number of amides is 1. The van der Waals surface area contributed by atoms with Crippen molar-refractivity contribution in [2.75, 3.05) is 5.73 Å². The Morgan fingerprint density at radius 2 is 2.18 bits per heavy atom. The van der Waals surface area contributed by atoms with E-state index in [0.717, 1.165) is 12.8 Å². The Labute approximate surface area is 102 Å². The van der Waals surface area contributed by atoms with Crippen LogP contribution in [-0.4, -0.2) is 21.2 Å². The summed E-state index contributed by atoms with van der Waals surface area (Å²) in [6.07, 6.45) is 3.47. The van der Waals surface area contributed by atoms with E-state index in [0.29, 0.717) is 17.9 Å². The number of nitrogens with one attached hydrogen (secondary N) is 1. The molecule has 0 radical (unpaired) electrons. The van der Waals surface area contributed by atoms with Gasteiger partial charge in [-0.25, -0.2) is 0 Å². The van der Waals surface area contributed by atoms with Gasteiger partial charge in [0, 0.05) is 12.1 Å². The van der Waals surface area contributed by atoms with Crippen LogP contribution < -0.4 is 11.1 Å². The minimum Gasteiger partial charge on any atom is -0.396 e. The lowest BCUT2D eigenvalue weighted by atomic mass is 9.99. The highest BCUT2D eigenvalue weighted by Crippen LogP contribution is 2.15. The van der Waals surface area contributed by atoms with Crippen LogP contribution in [0.3, 0.4) is 0 Å². The largest absolute Gasteiger partial charge is 0.396 e. The third-order valence-electron chi connectivity index (χ3n) is 2.71. The van der Waals surface area contributed by atoms with E-state index in [1.54, 1.807) is 4.68 Å². The quantitative estimate of drug-likeness (QED) is 0.821. The zero-order valence-electron chi connectivity index (χ0n) is 11.1. The Balaban J connectivity index is 2.86. The minimum atomic E-state index is -0.221. The van der Waals surface area contributed by atoms with Gasteiger partial charge < -0.3 is 11.1 Å². The first-order valence-electron chi connectivity index (χ1n) is 6.05. The first kappa shape index (κ1) is 13.5. The number of anilines is 1. The Bertz CT molecular complexity index is 395. The number of aromatic nitrogens is 2. The summed E-state index contributed by atoms with van der Waals surface area (Å²) >= 11 is 0. The molecular formula is C12H22N4O. The van der Waals surface area contributed by atoms with Crippen LogP contribution in [0.5, 0.6) is 0 Å². The maximum atomic E-state index is 12.1. The molecule has 0 aliphatic rings. The Morgan fingerprint density at radius 3 is 2.71 bits per heavy atom. The van der Waals surface area contributed by atoms with Crippen molar-refractivity contribution in [2.24, 2.45) is 0 Å². The predicted octanol–water partition coefficient (Wildman–Crippen LogP) is 1.79. The summed E-state index contributed by atoms with van der Waals surface area (Å²) in [5, 5.41) is 7.06. The molecule has 0 aromatic carbocycles. The number of hydrogen-bond donors (Lipinski definition) is 2. The molecule has 1 heterocycles. The van der Waals surface area contributed by atoms with Crippen LogP contribution in [0.25, 0.3) is 0 Å². The predicted molar refractivity (Wildman–Crippen MR) is 68.8 cm³/mol. The van der Waals surface area contributed by atoms with Crippen LogP contribution in [0.15, 0.2) is 6.20 Å². The molecule has 96 valence electrons. The fourth-order valence-corrected chi connectivity index (χ4v) is 1.94. The summed E-state index contributed by atoms with van der Waals surface area (Å²) in [5.74, 6) is -0.152. The van der Waals surface area contributed by atoms with Crippen LogP contribution >= 0.6 is 0 Å². The van der Waals surface area contributed by atoms with E-state index in [-0.39, 0.29) is 11.4 Å². The number of carbonyl (C=O) groups is 1. The standard InChI is InChI=1S/C12H22N4O/c1-5-7-12(3,4)15-11(17)10-9(13)8-14-16(10)6-2/h8H,5-7,13H2,1-4H3,(H,15,17). The van der Waals surface area contributed by atoms with Gasteiger partial charge in [0.1, 0.15) is 5.69 Å². The maximum absolute atomic E-state index is 12.1. The zero-order valence-corrected chi connectivity index (χ0v) is 11.1. The van der Waals surface area contributed by atoms with Crippen LogP contribution in [0.4, 0.5) is 5.69 Å². The molecule has 5 heteroatoms. The maximum Gasteiger partial charge on any atom is 0.272 e. The lowest BCUT2D eigenvalue weighted by molar-refractivity contribution is 0.0899. The molecule has 0 fully saturated rings.